The highest BCUT2D eigenvalue weighted by Crippen LogP contribution is 2.20. The van der Waals surface area contributed by atoms with Gasteiger partial charge < -0.3 is 19.5 Å². The fraction of sp³-hybridized carbons (Fsp3) is 0.250. The van der Waals surface area contributed by atoms with E-state index >= 15 is 0 Å². The molecule has 1 atom stereocenters. The van der Waals surface area contributed by atoms with Crippen LogP contribution in [0.3, 0.4) is 0 Å². The van der Waals surface area contributed by atoms with Gasteiger partial charge in [-0.25, -0.2) is 9.59 Å². The molecule has 0 spiro atoms. The number of hydrogen-bond donors (Lipinski definition) is 1. The largest absolute Gasteiger partial charge is 0.496 e. The Morgan fingerprint density at radius 2 is 1.70 bits per heavy atom. The van der Waals surface area contributed by atoms with E-state index in [1.165, 1.54) is 14.0 Å². The summed E-state index contributed by atoms with van der Waals surface area (Å²) in [6.45, 7) is 1.50. The SMILES string of the molecule is COC(=O)c1cc(C(=O)OC(C)C(=O)NCc2ccccc2OC)cc([N+](=O)[O-])c1. The zero-order chi connectivity index (χ0) is 22.3. The number of esters is 2. The van der Waals surface area contributed by atoms with Crippen molar-refractivity contribution in [2.45, 2.75) is 19.6 Å². The van der Waals surface area contributed by atoms with Gasteiger partial charge in [0.2, 0.25) is 0 Å². The summed E-state index contributed by atoms with van der Waals surface area (Å²) in [6.07, 6.45) is -1.19. The number of benzene rings is 2. The third-order valence-electron chi connectivity index (χ3n) is 4.08. The zero-order valence-corrected chi connectivity index (χ0v) is 16.5. The highest BCUT2D eigenvalue weighted by molar-refractivity contribution is 5.97. The number of nitrogens with one attached hydrogen (secondary N) is 1. The van der Waals surface area contributed by atoms with Gasteiger partial charge in [-0.3, -0.25) is 14.9 Å². The molecule has 0 aliphatic carbocycles. The second-order valence-electron chi connectivity index (χ2n) is 6.09. The highest BCUT2D eigenvalue weighted by Gasteiger charge is 2.23. The van der Waals surface area contributed by atoms with Gasteiger partial charge in [0.15, 0.2) is 6.10 Å². The first-order chi connectivity index (χ1) is 14.3. The molecule has 0 aliphatic rings. The Kier molecular flexibility index (Phi) is 7.45. The van der Waals surface area contributed by atoms with Crippen molar-refractivity contribution in [3.63, 3.8) is 0 Å². The number of rotatable bonds is 8. The minimum absolute atomic E-state index is 0.147. The molecule has 2 aromatic rings. The van der Waals surface area contributed by atoms with Crippen molar-refractivity contribution >= 4 is 23.5 Å². The topological polar surface area (TPSA) is 134 Å². The van der Waals surface area contributed by atoms with E-state index in [1.807, 2.05) is 0 Å². The highest BCUT2D eigenvalue weighted by atomic mass is 16.6. The van der Waals surface area contributed by atoms with Crippen LogP contribution < -0.4 is 10.1 Å². The quantitative estimate of drug-likeness (QED) is 0.393. The predicted molar refractivity (Wildman–Crippen MR) is 104 cm³/mol. The molecule has 0 heterocycles. The Labute approximate surface area is 171 Å². The minimum atomic E-state index is -1.19. The molecule has 1 N–H and O–H groups in total. The Morgan fingerprint density at radius 3 is 2.30 bits per heavy atom. The summed E-state index contributed by atoms with van der Waals surface area (Å²) >= 11 is 0. The number of carbonyl (C=O) groups excluding carboxylic acids is 3. The van der Waals surface area contributed by atoms with Crippen molar-refractivity contribution < 1.29 is 33.5 Å². The number of methoxy groups -OCH3 is 2. The Hall–Kier alpha value is -3.95. The maximum atomic E-state index is 12.4. The van der Waals surface area contributed by atoms with Gasteiger partial charge in [-0.2, -0.15) is 0 Å². The number of nitro benzene ring substituents is 1. The van der Waals surface area contributed by atoms with E-state index in [-0.39, 0.29) is 17.7 Å². The molecule has 2 aromatic carbocycles. The van der Waals surface area contributed by atoms with Crippen LogP contribution in [0.2, 0.25) is 0 Å². The smallest absolute Gasteiger partial charge is 0.339 e. The summed E-state index contributed by atoms with van der Waals surface area (Å²) in [4.78, 5) is 46.6. The average Bonchev–Trinajstić information content (AvgIpc) is 2.76. The summed E-state index contributed by atoms with van der Waals surface area (Å²) in [5, 5.41) is 13.7. The Morgan fingerprint density at radius 1 is 1.07 bits per heavy atom. The standard InChI is InChI=1S/C20H20N2O8/c1-12(18(23)21-11-13-6-4-5-7-17(13)28-2)30-20(25)15-8-14(19(24)29-3)9-16(10-15)22(26)27/h4-10,12H,11H2,1-3H3,(H,21,23). The van der Waals surface area contributed by atoms with Crippen LogP contribution in [0, 0.1) is 10.1 Å². The normalized spacial score (nSPS) is 11.2. The molecule has 0 radical (unpaired) electrons. The van der Waals surface area contributed by atoms with Crippen LogP contribution in [-0.4, -0.2) is 43.1 Å². The van der Waals surface area contributed by atoms with Crippen molar-refractivity contribution in [3.8, 4) is 5.75 Å². The van der Waals surface area contributed by atoms with Crippen LogP contribution in [0.1, 0.15) is 33.2 Å². The van der Waals surface area contributed by atoms with Crippen molar-refractivity contribution in [1.82, 2.24) is 5.32 Å². The first-order valence-electron chi connectivity index (χ1n) is 8.75. The van der Waals surface area contributed by atoms with E-state index in [0.29, 0.717) is 5.75 Å². The van der Waals surface area contributed by atoms with E-state index in [0.717, 1.165) is 30.9 Å². The van der Waals surface area contributed by atoms with Crippen LogP contribution >= 0.6 is 0 Å². The monoisotopic (exact) mass is 416 g/mol. The maximum absolute atomic E-state index is 12.4. The lowest BCUT2D eigenvalue weighted by Gasteiger charge is -2.15. The van der Waals surface area contributed by atoms with Crippen molar-refractivity contribution in [2.75, 3.05) is 14.2 Å². The fourth-order valence-corrected chi connectivity index (χ4v) is 2.53. The molecule has 0 aromatic heterocycles. The van der Waals surface area contributed by atoms with Gasteiger partial charge in [0.05, 0.1) is 30.3 Å². The minimum Gasteiger partial charge on any atom is -0.496 e. The average molecular weight is 416 g/mol. The second-order valence-corrected chi connectivity index (χ2v) is 6.09. The van der Waals surface area contributed by atoms with E-state index in [1.54, 1.807) is 24.3 Å². The van der Waals surface area contributed by atoms with E-state index in [2.05, 4.69) is 10.1 Å². The second kappa shape index (κ2) is 10.0. The molecule has 158 valence electrons. The van der Waals surface area contributed by atoms with Gasteiger partial charge in [-0.15, -0.1) is 0 Å². The summed E-state index contributed by atoms with van der Waals surface area (Å²) in [6, 6.07) is 10.1. The van der Waals surface area contributed by atoms with Crippen LogP contribution in [0.5, 0.6) is 5.75 Å². The van der Waals surface area contributed by atoms with Gasteiger partial charge >= 0.3 is 11.9 Å². The molecule has 1 amide bonds. The molecule has 30 heavy (non-hydrogen) atoms. The van der Waals surface area contributed by atoms with Crippen molar-refractivity contribution in [1.29, 1.82) is 0 Å². The molecule has 0 saturated carbocycles. The molecule has 0 bridgehead atoms. The van der Waals surface area contributed by atoms with Crippen LogP contribution in [0.25, 0.3) is 0 Å². The first kappa shape index (κ1) is 22.3. The van der Waals surface area contributed by atoms with Gasteiger partial charge in [0, 0.05) is 24.2 Å². The summed E-state index contributed by atoms with van der Waals surface area (Å²) in [7, 11) is 2.61. The lowest BCUT2D eigenvalue weighted by atomic mass is 10.1. The Bertz CT molecular complexity index is 973. The number of ether oxygens (including phenoxy) is 3. The lowest BCUT2D eigenvalue weighted by Crippen LogP contribution is -2.35. The Balaban J connectivity index is 2.09. The van der Waals surface area contributed by atoms with Crippen LogP contribution in [0.4, 0.5) is 5.69 Å². The first-order valence-corrected chi connectivity index (χ1v) is 8.75. The number of nitro groups is 1. The van der Waals surface area contributed by atoms with E-state index in [4.69, 9.17) is 9.47 Å². The fourth-order valence-electron chi connectivity index (χ4n) is 2.53. The maximum Gasteiger partial charge on any atom is 0.339 e. The zero-order valence-electron chi connectivity index (χ0n) is 16.5. The summed E-state index contributed by atoms with van der Waals surface area (Å²) < 4.78 is 14.8. The summed E-state index contributed by atoms with van der Waals surface area (Å²) in [5.41, 5.74) is -0.202. The predicted octanol–water partition coefficient (Wildman–Crippen LogP) is 2.25. The lowest BCUT2D eigenvalue weighted by molar-refractivity contribution is -0.384. The number of nitrogens with zero attached hydrogens (tertiary/aromatic N) is 1. The molecule has 10 nitrogen and oxygen atoms in total. The van der Waals surface area contributed by atoms with E-state index < -0.39 is 34.6 Å². The van der Waals surface area contributed by atoms with Crippen LogP contribution in [0.15, 0.2) is 42.5 Å². The molecule has 0 saturated heterocycles. The number of carbonyl (C=O) groups is 3. The molecule has 1 unspecified atom stereocenters. The molecule has 0 aliphatic heterocycles. The van der Waals surface area contributed by atoms with Gasteiger partial charge in [0.25, 0.3) is 11.6 Å². The van der Waals surface area contributed by atoms with E-state index in [9.17, 15) is 24.5 Å². The third-order valence-corrected chi connectivity index (χ3v) is 4.08. The summed E-state index contributed by atoms with van der Waals surface area (Å²) in [5.74, 6) is -1.83. The van der Waals surface area contributed by atoms with Crippen molar-refractivity contribution in [3.05, 3.63) is 69.3 Å². The number of non-ortho nitro benzene ring substituents is 1. The molecular formula is C20H20N2O8. The number of amides is 1. The van der Waals surface area contributed by atoms with Crippen molar-refractivity contribution in [2.24, 2.45) is 0 Å². The molecule has 10 heteroatoms. The third kappa shape index (κ3) is 5.53. The molecular weight excluding hydrogens is 396 g/mol. The molecule has 2 rings (SSSR count). The number of para-hydroxylation sites is 1. The van der Waals surface area contributed by atoms with Gasteiger partial charge in [0.1, 0.15) is 5.75 Å². The number of hydrogen-bond acceptors (Lipinski definition) is 8. The molecule has 0 fully saturated rings. The van der Waals surface area contributed by atoms with Crippen LogP contribution in [-0.2, 0) is 20.8 Å². The van der Waals surface area contributed by atoms with Gasteiger partial charge in [-0.05, 0) is 19.1 Å². The van der Waals surface area contributed by atoms with Gasteiger partial charge in [-0.1, -0.05) is 18.2 Å².